The van der Waals surface area contributed by atoms with Crippen molar-refractivity contribution in [3.8, 4) is 6.07 Å². The lowest BCUT2D eigenvalue weighted by molar-refractivity contribution is -0.384. The fourth-order valence-corrected chi connectivity index (χ4v) is 6.09. The van der Waals surface area contributed by atoms with Crippen molar-refractivity contribution in [2.45, 2.75) is 57.3 Å². The molecule has 1 aliphatic heterocycles. The van der Waals surface area contributed by atoms with E-state index < -0.39 is 34.4 Å². The fourth-order valence-electron chi connectivity index (χ4n) is 6.09. The summed E-state index contributed by atoms with van der Waals surface area (Å²) < 4.78 is 27.1. The van der Waals surface area contributed by atoms with Gasteiger partial charge in [0.05, 0.1) is 16.2 Å². The van der Waals surface area contributed by atoms with E-state index in [0.717, 1.165) is 18.7 Å². The Morgan fingerprint density at radius 3 is 2.49 bits per heavy atom. The molecule has 246 valence electrons. The van der Waals surface area contributed by atoms with Gasteiger partial charge in [0.2, 0.25) is 0 Å². The molecule has 12 nitrogen and oxygen atoms in total. The molecule has 1 aromatic heterocycles. The largest absolute Gasteiger partial charge is 0.367 e. The van der Waals surface area contributed by atoms with Crippen LogP contribution in [-0.4, -0.2) is 71.4 Å². The Bertz CT molecular complexity index is 1670. The molecule has 2 N–H and O–H groups in total. The van der Waals surface area contributed by atoms with Crippen LogP contribution < -0.4 is 20.4 Å². The number of nitro benzene ring substituents is 1. The van der Waals surface area contributed by atoms with E-state index in [9.17, 15) is 28.5 Å². The number of anilines is 3. The van der Waals surface area contributed by atoms with E-state index in [-0.39, 0.29) is 35.6 Å². The Hall–Kier alpha value is -5.16. The minimum Gasteiger partial charge on any atom is -0.367 e. The first kappa shape index (κ1) is 33.2. The number of nitrogens with zero attached hydrogens (tertiary/aromatic N) is 6. The van der Waals surface area contributed by atoms with E-state index in [4.69, 9.17) is 5.26 Å². The zero-order valence-corrected chi connectivity index (χ0v) is 26.2. The zero-order valence-electron chi connectivity index (χ0n) is 26.2. The molecule has 2 amide bonds. The number of likely N-dealkylation sites (N-methyl/N-ethyl adjacent to an activating group) is 1. The highest BCUT2D eigenvalue weighted by Gasteiger charge is 2.35. The van der Waals surface area contributed by atoms with Crippen LogP contribution in [0.2, 0.25) is 0 Å². The highest BCUT2D eigenvalue weighted by molar-refractivity contribution is 6.40. The van der Waals surface area contributed by atoms with Crippen molar-refractivity contribution in [3.05, 3.63) is 87.6 Å². The van der Waals surface area contributed by atoms with Crippen LogP contribution in [-0.2, 0) is 16.1 Å². The number of hydrogen-bond acceptors (Lipinski definition) is 9. The summed E-state index contributed by atoms with van der Waals surface area (Å²) in [5, 5.41) is 27.2. The van der Waals surface area contributed by atoms with Crippen molar-refractivity contribution in [1.29, 1.82) is 5.26 Å². The van der Waals surface area contributed by atoms with Crippen LogP contribution in [0.1, 0.15) is 43.7 Å². The van der Waals surface area contributed by atoms with E-state index in [1.54, 1.807) is 24.3 Å². The normalized spacial score (nSPS) is 19.8. The van der Waals surface area contributed by atoms with E-state index in [0.29, 0.717) is 55.8 Å². The van der Waals surface area contributed by atoms with Gasteiger partial charge in [-0.05, 0) is 81.6 Å². The molecule has 0 spiro atoms. The third kappa shape index (κ3) is 7.81. The number of pyridine rings is 1. The summed E-state index contributed by atoms with van der Waals surface area (Å²) in [6.07, 6.45) is 3.69. The average molecular weight is 647 g/mol. The molecule has 2 fully saturated rings. The lowest BCUT2D eigenvalue weighted by Crippen LogP contribution is -2.50. The van der Waals surface area contributed by atoms with Crippen LogP contribution in [0.25, 0.3) is 0 Å². The highest BCUT2D eigenvalue weighted by atomic mass is 19.2. The van der Waals surface area contributed by atoms with Crippen LogP contribution in [0.15, 0.2) is 54.7 Å². The van der Waals surface area contributed by atoms with E-state index in [2.05, 4.69) is 20.5 Å². The fraction of sp³-hybridized carbons (Fsp3) is 0.394. The Labute approximate surface area is 271 Å². The minimum atomic E-state index is -1.08. The molecule has 2 aromatic carbocycles. The lowest BCUT2D eigenvalue weighted by Gasteiger charge is -2.39. The smallest absolute Gasteiger partial charge is 0.316 e. The molecule has 2 heterocycles. The minimum absolute atomic E-state index is 0.0155. The number of rotatable bonds is 8. The SMILES string of the molecule is CC1CN(c2ccc(N(C(=O)C(=O)NCc3ccc(F)c(F)c3)C3CCC(Nc4ccc(C#N)cn4)CC3)cc2[N+](=O)[O-])CCN1C. The molecule has 47 heavy (non-hydrogen) atoms. The lowest BCUT2D eigenvalue weighted by atomic mass is 9.89. The summed E-state index contributed by atoms with van der Waals surface area (Å²) in [5.74, 6) is -3.38. The van der Waals surface area contributed by atoms with Crippen LogP contribution in [0, 0.1) is 33.1 Å². The van der Waals surface area contributed by atoms with Gasteiger partial charge in [-0.1, -0.05) is 6.07 Å². The molecular weight excluding hydrogens is 610 g/mol. The van der Waals surface area contributed by atoms with Gasteiger partial charge in [0.25, 0.3) is 5.69 Å². The molecule has 14 heteroatoms. The molecule has 1 aliphatic carbocycles. The number of nitro groups is 1. The number of carbonyl (C=O) groups is 2. The average Bonchev–Trinajstić information content (AvgIpc) is 3.07. The summed E-state index contributed by atoms with van der Waals surface area (Å²) >= 11 is 0. The Balaban J connectivity index is 1.38. The Morgan fingerprint density at radius 1 is 1.09 bits per heavy atom. The number of nitrogens with one attached hydrogen (secondary N) is 2. The Morgan fingerprint density at radius 2 is 1.85 bits per heavy atom. The number of piperazine rings is 1. The molecule has 2 aliphatic rings. The van der Waals surface area contributed by atoms with Gasteiger partial charge in [-0.25, -0.2) is 13.8 Å². The number of halogens is 2. The summed E-state index contributed by atoms with van der Waals surface area (Å²) in [6, 6.07) is 13.0. The van der Waals surface area contributed by atoms with E-state index >= 15 is 0 Å². The number of aromatic nitrogens is 1. The third-order valence-electron chi connectivity index (χ3n) is 8.89. The summed E-state index contributed by atoms with van der Waals surface area (Å²) in [7, 11) is 2.01. The van der Waals surface area contributed by atoms with Crippen molar-refractivity contribution in [1.82, 2.24) is 15.2 Å². The van der Waals surface area contributed by atoms with Gasteiger partial charge in [-0.15, -0.1) is 0 Å². The van der Waals surface area contributed by atoms with Gasteiger partial charge >= 0.3 is 11.8 Å². The number of carbonyl (C=O) groups excluding carboxylic acids is 2. The predicted molar refractivity (Wildman–Crippen MR) is 172 cm³/mol. The van der Waals surface area contributed by atoms with Crippen molar-refractivity contribution in [2.24, 2.45) is 0 Å². The number of nitriles is 1. The predicted octanol–water partition coefficient (Wildman–Crippen LogP) is 4.35. The molecular formula is C33H36F2N8O4. The highest BCUT2D eigenvalue weighted by Crippen LogP contribution is 2.36. The second-order valence-electron chi connectivity index (χ2n) is 12.0. The molecule has 1 saturated heterocycles. The first-order valence-corrected chi connectivity index (χ1v) is 15.5. The summed E-state index contributed by atoms with van der Waals surface area (Å²) in [4.78, 5) is 48.6. The number of hydrogen-bond donors (Lipinski definition) is 2. The molecule has 1 atom stereocenters. The van der Waals surface area contributed by atoms with Crippen molar-refractivity contribution < 1.29 is 23.3 Å². The summed E-state index contributed by atoms with van der Waals surface area (Å²) in [6.45, 7) is 3.76. The van der Waals surface area contributed by atoms with Crippen LogP contribution >= 0.6 is 0 Å². The first-order chi connectivity index (χ1) is 22.5. The van der Waals surface area contributed by atoms with Gasteiger partial charge in [0.1, 0.15) is 17.6 Å². The molecule has 3 aromatic rings. The van der Waals surface area contributed by atoms with Crippen LogP contribution in [0.3, 0.4) is 0 Å². The zero-order chi connectivity index (χ0) is 33.7. The molecule has 1 saturated carbocycles. The van der Waals surface area contributed by atoms with Crippen LogP contribution in [0.4, 0.5) is 31.7 Å². The van der Waals surface area contributed by atoms with Crippen LogP contribution in [0.5, 0.6) is 0 Å². The second-order valence-corrected chi connectivity index (χ2v) is 12.0. The van der Waals surface area contributed by atoms with Gasteiger partial charge < -0.3 is 25.3 Å². The van der Waals surface area contributed by atoms with Gasteiger partial charge in [0, 0.05) is 56.6 Å². The monoisotopic (exact) mass is 646 g/mol. The maximum absolute atomic E-state index is 13.8. The van der Waals surface area contributed by atoms with Crippen molar-refractivity contribution in [2.75, 3.05) is 41.8 Å². The molecule has 0 radical (unpaired) electrons. The number of benzene rings is 2. The third-order valence-corrected chi connectivity index (χ3v) is 8.89. The quantitative estimate of drug-likeness (QED) is 0.207. The van der Waals surface area contributed by atoms with Crippen molar-refractivity contribution in [3.63, 3.8) is 0 Å². The molecule has 0 bridgehead atoms. The van der Waals surface area contributed by atoms with Crippen molar-refractivity contribution >= 4 is 34.7 Å². The Kier molecular flexibility index (Phi) is 10.3. The van der Waals surface area contributed by atoms with E-state index in [1.165, 1.54) is 23.2 Å². The maximum atomic E-state index is 13.8. The van der Waals surface area contributed by atoms with Gasteiger partial charge in [-0.3, -0.25) is 19.7 Å². The topological polar surface area (TPSA) is 148 Å². The van der Waals surface area contributed by atoms with E-state index in [1.807, 2.05) is 24.9 Å². The first-order valence-electron chi connectivity index (χ1n) is 15.5. The van der Waals surface area contributed by atoms with Gasteiger partial charge in [0.15, 0.2) is 11.6 Å². The molecule has 1 unspecified atom stereocenters. The standard InChI is InChI=1S/C33H36F2N8O4/c1-21-20-41(14-13-40(21)2)29-11-9-26(16-30(29)43(46)47)42(33(45)32(44)38-18-22-3-10-27(34)28(35)15-22)25-7-5-24(6-8-25)39-31-12-4-23(17-36)19-37-31/h3-4,9-12,15-16,19,21,24-25H,5-8,13-14,18,20H2,1-2H3,(H,37,39)(H,38,44). The van der Waals surface area contributed by atoms with Gasteiger partial charge in [-0.2, -0.15) is 5.26 Å². The number of amides is 2. The summed E-state index contributed by atoms with van der Waals surface area (Å²) in [5.41, 5.74) is 1.21. The maximum Gasteiger partial charge on any atom is 0.316 e. The molecule has 5 rings (SSSR count). The second kappa shape index (κ2) is 14.5.